The molecule has 0 bridgehead atoms. The minimum absolute atomic E-state index is 0. The molecule has 0 spiro atoms. The summed E-state index contributed by atoms with van der Waals surface area (Å²) in [5.41, 5.74) is 9.60. The van der Waals surface area contributed by atoms with E-state index in [1.807, 2.05) is 34.5 Å². The molecule has 0 radical (unpaired) electrons. The summed E-state index contributed by atoms with van der Waals surface area (Å²) in [6.07, 6.45) is 9.35. The molecule has 4 rings (SSSR count). The van der Waals surface area contributed by atoms with E-state index in [-0.39, 0.29) is 22.5 Å². The molecule has 4 aliphatic heterocycles. The third-order valence-electron chi connectivity index (χ3n) is 4.14. The maximum atomic E-state index is 11.9. The predicted molar refractivity (Wildman–Crippen MR) is 87.4 cm³/mol. The molecule has 24 heavy (non-hydrogen) atoms. The lowest BCUT2D eigenvalue weighted by Gasteiger charge is -2.48. The van der Waals surface area contributed by atoms with Crippen LogP contribution in [0.4, 0.5) is 0 Å². The first-order chi connectivity index (χ1) is 11.1. The fourth-order valence-electron chi connectivity index (χ4n) is 3.02. The summed E-state index contributed by atoms with van der Waals surface area (Å²) >= 11 is 1.51. The Kier molecular flexibility index (Phi) is 4.03. The van der Waals surface area contributed by atoms with Crippen LogP contribution in [-0.2, 0) is 9.59 Å². The van der Waals surface area contributed by atoms with E-state index in [1.165, 1.54) is 16.7 Å². The first-order valence-electron chi connectivity index (χ1n) is 7.10. The molecule has 6 N–H and O–H groups in total. The van der Waals surface area contributed by atoms with E-state index >= 15 is 0 Å². The number of carbonyl (C=O) groups excluding carboxylic acids is 1. The molecule has 4 aliphatic rings. The van der Waals surface area contributed by atoms with Crippen LogP contribution in [0.2, 0.25) is 0 Å². The maximum Gasteiger partial charge on any atom is 0.352 e. The quantitative estimate of drug-likeness (QED) is 0.535. The van der Waals surface area contributed by atoms with Gasteiger partial charge in [0.2, 0.25) is 5.91 Å². The number of carboxylic acids is 1. The molecule has 9 nitrogen and oxygen atoms in total. The van der Waals surface area contributed by atoms with E-state index in [4.69, 9.17) is 5.73 Å². The van der Waals surface area contributed by atoms with Crippen LogP contribution in [0.3, 0.4) is 0 Å². The van der Waals surface area contributed by atoms with Crippen molar-refractivity contribution in [3.8, 4) is 0 Å². The van der Waals surface area contributed by atoms with Gasteiger partial charge in [-0.3, -0.25) is 9.69 Å². The summed E-state index contributed by atoms with van der Waals surface area (Å²) in [5, 5.41) is 11.1. The van der Waals surface area contributed by atoms with E-state index in [0.29, 0.717) is 17.9 Å². The van der Waals surface area contributed by atoms with Crippen LogP contribution in [0.5, 0.6) is 0 Å². The number of nitrogens with two attached hydrogens (primary N) is 1. The molecule has 1 fully saturated rings. The average molecular weight is 351 g/mol. The fraction of sp³-hybridized carbons (Fsp3) is 0.286. The van der Waals surface area contributed by atoms with Gasteiger partial charge in [-0.2, -0.15) is 0 Å². The number of carboxylic acid groups (broad SMARTS) is 1. The number of nitrogens with one attached hydrogen (secondary N) is 1. The highest BCUT2D eigenvalue weighted by Crippen LogP contribution is 2.40. The molecule has 0 saturated carbocycles. The van der Waals surface area contributed by atoms with Gasteiger partial charge in [0.1, 0.15) is 22.9 Å². The summed E-state index contributed by atoms with van der Waals surface area (Å²) in [7, 11) is 0. The Morgan fingerprint density at radius 3 is 3.00 bits per heavy atom. The van der Waals surface area contributed by atoms with Crippen LogP contribution in [0.25, 0.3) is 0 Å². The molecule has 1 saturated heterocycles. The molecule has 1 amide bonds. The van der Waals surface area contributed by atoms with Gasteiger partial charge in [0, 0.05) is 30.9 Å². The van der Waals surface area contributed by atoms with Gasteiger partial charge < -0.3 is 26.6 Å². The summed E-state index contributed by atoms with van der Waals surface area (Å²) in [6.45, 7) is 0.411. The molecule has 10 heteroatoms. The summed E-state index contributed by atoms with van der Waals surface area (Å²) < 4.78 is 0. The van der Waals surface area contributed by atoms with Crippen LogP contribution >= 0.6 is 11.8 Å². The third kappa shape index (κ3) is 2.27. The lowest BCUT2D eigenvalue weighted by Crippen LogP contribution is -2.68. The zero-order valence-corrected chi connectivity index (χ0v) is 13.4. The minimum atomic E-state index is -1.08. The maximum absolute atomic E-state index is 11.9. The van der Waals surface area contributed by atoms with Gasteiger partial charge in [0.05, 0.1) is 0 Å². The highest BCUT2D eigenvalue weighted by molar-refractivity contribution is 8.00. The Labute approximate surface area is 142 Å². The van der Waals surface area contributed by atoms with Crippen molar-refractivity contribution >= 4 is 23.6 Å². The normalized spacial score (nSPS) is 27.1. The highest BCUT2D eigenvalue weighted by Gasteiger charge is 2.51. The molecule has 0 aromatic rings. The largest absolute Gasteiger partial charge is 0.477 e. The Bertz CT molecular complexity index is 716. The van der Waals surface area contributed by atoms with E-state index in [2.05, 4.69) is 5.43 Å². The number of hydrogen-bond donors (Lipinski definition) is 3. The number of thioether (sulfide) groups is 1. The smallest absolute Gasteiger partial charge is 0.352 e. The van der Waals surface area contributed by atoms with Crippen molar-refractivity contribution < 1.29 is 20.2 Å². The second-order valence-electron chi connectivity index (χ2n) is 5.50. The SMILES string of the molecule is N[C@@H]1C(=O)N2C(C(=O)O)=C(CN3C=CN4NC=CC=C34)CS[C@H]12.O. The first-order valence-corrected chi connectivity index (χ1v) is 8.15. The number of β-lactam (4-membered cyclic amide) rings is 1. The van der Waals surface area contributed by atoms with Gasteiger partial charge in [0.25, 0.3) is 0 Å². The minimum Gasteiger partial charge on any atom is -0.477 e. The standard InChI is InChI=1S/C14H15N5O3S.H2O/c15-10-12(20)19-11(14(21)22)8(7-23-13(10)19)6-17-4-5-18-9(17)2-1-3-16-18;/h1-5,10,13,16H,6-7,15H2,(H,21,22);1H2/t10-,13-;/m1./s1. The third-order valence-corrected chi connectivity index (χ3v) is 5.50. The van der Waals surface area contributed by atoms with E-state index in [1.54, 1.807) is 6.20 Å². The van der Waals surface area contributed by atoms with Gasteiger partial charge in [-0.15, -0.1) is 11.8 Å². The van der Waals surface area contributed by atoms with Gasteiger partial charge in [-0.1, -0.05) is 0 Å². The van der Waals surface area contributed by atoms with Crippen LogP contribution in [0.1, 0.15) is 0 Å². The fourth-order valence-corrected chi connectivity index (χ4v) is 4.30. The number of allylic oxidation sites excluding steroid dienone is 2. The average Bonchev–Trinajstić information content (AvgIpc) is 2.96. The van der Waals surface area contributed by atoms with Crippen LogP contribution in [0, 0.1) is 0 Å². The molecule has 4 heterocycles. The molecule has 0 aromatic carbocycles. The van der Waals surface area contributed by atoms with Crippen molar-refractivity contribution in [2.45, 2.75) is 11.4 Å². The predicted octanol–water partition coefficient (Wildman–Crippen LogP) is -1.30. The van der Waals surface area contributed by atoms with Gasteiger partial charge in [-0.05, 0) is 17.7 Å². The number of hydrazine groups is 1. The summed E-state index contributed by atoms with van der Waals surface area (Å²) in [6, 6.07) is -0.603. The van der Waals surface area contributed by atoms with Crippen molar-refractivity contribution in [3.63, 3.8) is 0 Å². The zero-order valence-electron chi connectivity index (χ0n) is 12.5. The van der Waals surface area contributed by atoms with Crippen LogP contribution < -0.4 is 11.2 Å². The molecule has 0 aliphatic carbocycles. The van der Waals surface area contributed by atoms with Crippen molar-refractivity contribution in [3.05, 3.63) is 47.8 Å². The van der Waals surface area contributed by atoms with Gasteiger partial charge in [-0.25, -0.2) is 9.80 Å². The topological polar surface area (TPSA) is 134 Å². The van der Waals surface area contributed by atoms with E-state index in [0.717, 1.165) is 5.82 Å². The van der Waals surface area contributed by atoms with Crippen molar-refractivity contribution in [2.24, 2.45) is 5.73 Å². The number of amides is 1. The molecule has 128 valence electrons. The number of hydrogen-bond acceptors (Lipinski definition) is 7. The lowest BCUT2D eigenvalue weighted by molar-refractivity contribution is -0.148. The van der Waals surface area contributed by atoms with Crippen molar-refractivity contribution in [2.75, 3.05) is 12.3 Å². The zero-order chi connectivity index (χ0) is 16.1. The number of nitrogens with zero attached hydrogens (tertiary/aromatic N) is 3. The summed E-state index contributed by atoms with van der Waals surface area (Å²) in [5.74, 6) is 0.0481. The molecular weight excluding hydrogens is 334 g/mol. The second kappa shape index (κ2) is 5.89. The van der Waals surface area contributed by atoms with Gasteiger partial charge in [0.15, 0.2) is 0 Å². The first kappa shape index (κ1) is 16.4. The molecule has 0 aromatic heterocycles. The number of fused-ring (bicyclic) bond motifs is 2. The number of rotatable bonds is 3. The molecular formula is C14H17N5O4S. The Hall–Kier alpha value is -2.43. The molecule has 2 atom stereocenters. The highest BCUT2D eigenvalue weighted by atomic mass is 32.2. The molecule has 0 unspecified atom stereocenters. The second-order valence-corrected chi connectivity index (χ2v) is 6.61. The number of carbonyl (C=O) groups is 2. The monoisotopic (exact) mass is 351 g/mol. The van der Waals surface area contributed by atoms with Gasteiger partial charge >= 0.3 is 5.97 Å². The van der Waals surface area contributed by atoms with E-state index in [9.17, 15) is 14.7 Å². The van der Waals surface area contributed by atoms with E-state index < -0.39 is 12.0 Å². The van der Waals surface area contributed by atoms with Crippen LogP contribution in [0.15, 0.2) is 47.8 Å². The summed E-state index contributed by atoms with van der Waals surface area (Å²) in [4.78, 5) is 26.9. The van der Waals surface area contributed by atoms with Crippen molar-refractivity contribution in [1.82, 2.24) is 20.2 Å². The Balaban J connectivity index is 0.00000169. The Morgan fingerprint density at radius 2 is 2.25 bits per heavy atom. The number of aliphatic carboxylic acids is 1. The van der Waals surface area contributed by atoms with Crippen molar-refractivity contribution in [1.29, 1.82) is 0 Å². The Morgan fingerprint density at radius 1 is 1.46 bits per heavy atom. The van der Waals surface area contributed by atoms with Crippen LogP contribution in [-0.4, -0.2) is 61.0 Å². The lowest BCUT2D eigenvalue weighted by atomic mass is 10.0.